The number of benzene rings is 2. The molecule has 25 heavy (non-hydrogen) atoms. The summed E-state index contributed by atoms with van der Waals surface area (Å²) in [7, 11) is 0. The van der Waals surface area contributed by atoms with E-state index in [1.54, 1.807) is 6.92 Å². The number of hydrogen-bond acceptors (Lipinski definition) is 4. The number of para-hydroxylation sites is 2. The molecule has 6 nitrogen and oxygen atoms in total. The van der Waals surface area contributed by atoms with Gasteiger partial charge in [-0.3, -0.25) is 4.79 Å². The Hall–Kier alpha value is -3.41. The van der Waals surface area contributed by atoms with Gasteiger partial charge in [0.2, 0.25) is 0 Å². The molecular weight excluding hydrogens is 316 g/mol. The lowest BCUT2D eigenvalue weighted by Gasteiger charge is -2.04. The molecule has 6 heteroatoms. The van der Waals surface area contributed by atoms with Gasteiger partial charge in [-0.2, -0.15) is 0 Å². The lowest BCUT2D eigenvalue weighted by Crippen LogP contribution is -2.24. The SMILES string of the molecule is Cc1onc(-c2ccccc2)c1C(=O)NCc1nc2ccccc2[nH]1. The lowest BCUT2D eigenvalue weighted by atomic mass is 10.1. The highest BCUT2D eigenvalue weighted by molar-refractivity contribution is 6.00. The molecule has 0 unspecified atom stereocenters. The summed E-state index contributed by atoms with van der Waals surface area (Å²) in [5.74, 6) is 0.948. The number of carbonyl (C=O) groups excluding carboxylic acids is 1. The number of imidazole rings is 1. The number of fused-ring (bicyclic) bond motifs is 1. The van der Waals surface area contributed by atoms with Crippen LogP contribution in [0.3, 0.4) is 0 Å². The van der Waals surface area contributed by atoms with Gasteiger partial charge in [0.1, 0.15) is 22.8 Å². The Kier molecular flexibility index (Phi) is 3.78. The van der Waals surface area contributed by atoms with E-state index in [-0.39, 0.29) is 5.91 Å². The monoisotopic (exact) mass is 332 g/mol. The molecule has 4 rings (SSSR count). The topological polar surface area (TPSA) is 83.8 Å². The predicted molar refractivity (Wildman–Crippen MR) is 93.9 cm³/mol. The third-order valence-corrected chi connectivity index (χ3v) is 3.99. The first kappa shape index (κ1) is 15.1. The minimum atomic E-state index is -0.238. The highest BCUT2D eigenvalue weighted by Crippen LogP contribution is 2.25. The fraction of sp³-hybridized carbons (Fsp3) is 0.105. The van der Waals surface area contributed by atoms with Crippen molar-refractivity contribution in [3.63, 3.8) is 0 Å². The fourth-order valence-corrected chi connectivity index (χ4v) is 2.77. The molecule has 4 aromatic rings. The van der Waals surface area contributed by atoms with E-state index < -0.39 is 0 Å². The zero-order chi connectivity index (χ0) is 17.2. The van der Waals surface area contributed by atoms with Crippen LogP contribution in [0.15, 0.2) is 59.1 Å². The molecule has 2 aromatic carbocycles. The summed E-state index contributed by atoms with van der Waals surface area (Å²) in [5.41, 5.74) is 3.64. The molecule has 0 aliphatic carbocycles. The van der Waals surface area contributed by atoms with Gasteiger partial charge in [0, 0.05) is 5.56 Å². The maximum Gasteiger partial charge on any atom is 0.257 e. The Morgan fingerprint density at radius 1 is 1.12 bits per heavy atom. The van der Waals surface area contributed by atoms with E-state index in [0.717, 1.165) is 16.6 Å². The van der Waals surface area contributed by atoms with Crippen molar-refractivity contribution < 1.29 is 9.32 Å². The second-order valence-corrected chi connectivity index (χ2v) is 5.71. The molecule has 2 aromatic heterocycles. The molecule has 0 atom stereocenters. The van der Waals surface area contributed by atoms with Crippen molar-refractivity contribution in [2.45, 2.75) is 13.5 Å². The summed E-state index contributed by atoms with van der Waals surface area (Å²) in [6.07, 6.45) is 0. The molecule has 0 aliphatic heterocycles. The lowest BCUT2D eigenvalue weighted by molar-refractivity contribution is 0.0949. The largest absolute Gasteiger partial charge is 0.360 e. The molecule has 0 saturated heterocycles. The molecule has 0 spiro atoms. The number of carbonyl (C=O) groups is 1. The highest BCUT2D eigenvalue weighted by Gasteiger charge is 2.21. The van der Waals surface area contributed by atoms with Crippen molar-refractivity contribution in [1.29, 1.82) is 0 Å². The van der Waals surface area contributed by atoms with Gasteiger partial charge in [0.25, 0.3) is 5.91 Å². The predicted octanol–water partition coefficient (Wildman–Crippen LogP) is 3.46. The summed E-state index contributed by atoms with van der Waals surface area (Å²) in [4.78, 5) is 20.3. The number of H-pyrrole nitrogens is 1. The maximum atomic E-state index is 12.7. The fourth-order valence-electron chi connectivity index (χ4n) is 2.77. The minimum absolute atomic E-state index is 0.238. The van der Waals surface area contributed by atoms with Gasteiger partial charge in [-0.15, -0.1) is 0 Å². The van der Waals surface area contributed by atoms with Crippen molar-refractivity contribution in [2.75, 3.05) is 0 Å². The second kappa shape index (κ2) is 6.24. The molecule has 2 heterocycles. The number of nitrogens with one attached hydrogen (secondary N) is 2. The standard InChI is InChI=1S/C19H16N4O2/c1-12-17(18(23-25-12)13-7-3-2-4-8-13)19(24)20-11-16-21-14-9-5-6-10-15(14)22-16/h2-10H,11H2,1H3,(H,20,24)(H,21,22). The van der Waals surface area contributed by atoms with Crippen LogP contribution in [0.1, 0.15) is 21.9 Å². The number of aromatic nitrogens is 3. The van der Waals surface area contributed by atoms with Crippen molar-refractivity contribution in [2.24, 2.45) is 0 Å². The van der Waals surface area contributed by atoms with Crippen LogP contribution >= 0.6 is 0 Å². The average Bonchev–Trinajstić information content (AvgIpc) is 3.23. The minimum Gasteiger partial charge on any atom is -0.360 e. The highest BCUT2D eigenvalue weighted by atomic mass is 16.5. The number of aryl methyl sites for hydroxylation is 1. The summed E-state index contributed by atoms with van der Waals surface area (Å²) in [5, 5.41) is 6.92. The molecule has 1 amide bonds. The van der Waals surface area contributed by atoms with Crippen molar-refractivity contribution in [3.8, 4) is 11.3 Å². The van der Waals surface area contributed by atoms with Gasteiger partial charge >= 0.3 is 0 Å². The van der Waals surface area contributed by atoms with Crippen LogP contribution in [0.5, 0.6) is 0 Å². The number of rotatable bonds is 4. The van der Waals surface area contributed by atoms with Crippen LogP contribution in [0.4, 0.5) is 0 Å². The van der Waals surface area contributed by atoms with Crippen LogP contribution in [-0.4, -0.2) is 21.0 Å². The number of amides is 1. The third kappa shape index (κ3) is 2.89. The smallest absolute Gasteiger partial charge is 0.257 e. The van der Waals surface area contributed by atoms with E-state index in [1.807, 2.05) is 54.6 Å². The van der Waals surface area contributed by atoms with E-state index in [4.69, 9.17) is 4.52 Å². The van der Waals surface area contributed by atoms with E-state index in [0.29, 0.717) is 29.4 Å². The molecule has 0 saturated carbocycles. The molecular formula is C19H16N4O2. The Bertz CT molecular complexity index is 1000. The van der Waals surface area contributed by atoms with Crippen LogP contribution in [-0.2, 0) is 6.54 Å². The van der Waals surface area contributed by atoms with Gasteiger partial charge in [0.15, 0.2) is 0 Å². The molecule has 0 fully saturated rings. The van der Waals surface area contributed by atoms with Crippen LogP contribution in [0, 0.1) is 6.92 Å². The Labute approximate surface area is 143 Å². The van der Waals surface area contributed by atoms with Gasteiger partial charge < -0.3 is 14.8 Å². The Balaban J connectivity index is 1.56. The summed E-state index contributed by atoms with van der Waals surface area (Å²) < 4.78 is 5.24. The first-order valence-electron chi connectivity index (χ1n) is 7.96. The van der Waals surface area contributed by atoms with Crippen molar-refractivity contribution in [1.82, 2.24) is 20.4 Å². The first-order chi connectivity index (χ1) is 12.2. The van der Waals surface area contributed by atoms with Crippen LogP contribution < -0.4 is 5.32 Å². The first-order valence-corrected chi connectivity index (χ1v) is 7.96. The zero-order valence-electron chi connectivity index (χ0n) is 13.6. The summed E-state index contributed by atoms with van der Waals surface area (Å²) >= 11 is 0. The van der Waals surface area contributed by atoms with Crippen LogP contribution in [0.25, 0.3) is 22.3 Å². The zero-order valence-corrected chi connectivity index (χ0v) is 13.6. The Morgan fingerprint density at radius 2 is 1.88 bits per heavy atom. The normalized spacial score (nSPS) is 10.9. The summed E-state index contributed by atoms with van der Waals surface area (Å²) in [6.45, 7) is 2.03. The number of hydrogen-bond donors (Lipinski definition) is 2. The molecule has 2 N–H and O–H groups in total. The van der Waals surface area contributed by atoms with Crippen LogP contribution in [0.2, 0.25) is 0 Å². The molecule has 124 valence electrons. The average molecular weight is 332 g/mol. The molecule has 0 aliphatic rings. The second-order valence-electron chi connectivity index (χ2n) is 5.71. The van der Waals surface area contributed by atoms with E-state index in [1.165, 1.54) is 0 Å². The number of nitrogens with zero attached hydrogens (tertiary/aromatic N) is 2. The van der Waals surface area contributed by atoms with Gasteiger partial charge in [0.05, 0.1) is 17.6 Å². The molecule has 0 bridgehead atoms. The van der Waals surface area contributed by atoms with Crippen molar-refractivity contribution in [3.05, 3.63) is 71.7 Å². The van der Waals surface area contributed by atoms with Gasteiger partial charge in [-0.1, -0.05) is 47.6 Å². The quantitative estimate of drug-likeness (QED) is 0.599. The molecule has 0 radical (unpaired) electrons. The van der Waals surface area contributed by atoms with E-state index in [9.17, 15) is 4.79 Å². The van der Waals surface area contributed by atoms with E-state index in [2.05, 4.69) is 20.4 Å². The van der Waals surface area contributed by atoms with Crippen molar-refractivity contribution >= 4 is 16.9 Å². The maximum absolute atomic E-state index is 12.7. The summed E-state index contributed by atoms with van der Waals surface area (Å²) in [6, 6.07) is 17.2. The number of aromatic amines is 1. The van der Waals surface area contributed by atoms with Gasteiger partial charge in [-0.25, -0.2) is 4.98 Å². The third-order valence-electron chi connectivity index (χ3n) is 3.99. The van der Waals surface area contributed by atoms with E-state index >= 15 is 0 Å². The van der Waals surface area contributed by atoms with Gasteiger partial charge in [-0.05, 0) is 19.1 Å². The Morgan fingerprint density at radius 3 is 2.68 bits per heavy atom.